The van der Waals surface area contributed by atoms with Crippen LogP contribution in [0.4, 0.5) is 4.79 Å². The van der Waals surface area contributed by atoms with Gasteiger partial charge in [0.2, 0.25) is 5.91 Å². The monoisotopic (exact) mass is 334 g/mol. The number of aromatic nitrogens is 2. The van der Waals surface area contributed by atoms with Crippen molar-refractivity contribution >= 4 is 18.1 Å². The maximum Gasteiger partial charge on any atom is 0.410 e. The summed E-state index contributed by atoms with van der Waals surface area (Å²) in [5.41, 5.74) is 0.351. The van der Waals surface area contributed by atoms with Crippen molar-refractivity contribution in [3.8, 4) is 0 Å². The van der Waals surface area contributed by atoms with E-state index < -0.39 is 5.60 Å². The van der Waals surface area contributed by atoms with Gasteiger partial charge in [-0.3, -0.25) is 9.48 Å². The minimum Gasteiger partial charge on any atom is -0.444 e. The molecule has 1 aromatic rings. The highest BCUT2D eigenvalue weighted by molar-refractivity contribution is 5.91. The highest BCUT2D eigenvalue weighted by Crippen LogP contribution is 2.20. The van der Waals surface area contributed by atoms with Crippen molar-refractivity contribution in [1.29, 1.82) is 0 Å². The Balaban J connectivity index is 1.82. The van der Waals surface area contributed by atoms with Crippen LogP contribution in [0.5, 0.6) is 0 Å². The van der Waals surface area contributed by atoms with Gasteiger partial charge in [0.1, 0.15) is 5.60 Å². The predicted octanol–water partition coefficient (Wildman–Crippen LogP) is 1.95. The summed E-state index contributed by atoms with van der Waals surface area (Å²) in [5.74, 6) is -0.185. The first-order chi connectivity index (χ1) is 11.2. The van der Waals surface area contributed by atoms with Crippen LogP contribution in [-0.2, 0) is 16.6 Å². The summed E-state index contributed by atoms with van der Waals surface area (Å²) in [6.07, 6.45) is 8.17. The largest absolute Gasteiger partial charge is 0.444 e. The maximum absolute atomic E-state index is 12.2. The van der Waals surface area contributed by atoms with Crippen LogP contribution in [0.3, 0.4) is 0 Å². The van der Waals surface area contributed by atoms with Gasteiger partial charge in [-0.25, -0.2) is 4.79 Å². The molecule has 1 saturated heterocycles. The van der Waals surface area contributed by atoms with Crippen LogP contribution in [0.15, 0.2) is 18.5 Å². The Labute approximate surface area is 142 Å². The minimum atomic E-state index is -0.514. The smallest absolute Gasteiger partial charge is 0.410 e. The van der Waals surface area contributed by atoms with Crippen LogP contribution in [0.2, 0.25) is 0 Å². The number of nitrogens with one attached hydrogen (secondary N) is 1. The molecule has 1 atom stereocenters. The average molecular weight is 334 g/mol. The lowest BCUT2D eigenvalue weighted by molar-refractivity contribution is -0.116. The van der Waals surface area contributed by atoms with Crippen LogP contribution in [-0.4, -0.2) is 51.4 Å². The first-order valence-corrected chi connectivity index (χ1v) is 8.19. The number of hydrogen-bond acceptors (Lipinski definition) is 4. The molecule has 0 spiro atoms. The van der Waals surface area contributed by atoms with Crippen molar-refractivity contribution in [3.63, 3.8) is 0 Å². The van der Waals surface area contributed by atoms with Crippen molar-refractivity contribution in [1.82, 2.24) is 20.0 Å². The lowest BCUT2D eigenvalue weighted by atomic mass is 10.2. The van der Waals surface area contributed by atoms with Crippen LogP contribution >= 0.6 is 0 Å². The molecule has 1 N–H and O–H groups in total. The zero-order chi connectivity index (χ0) is 17.7. The number of carbonyl (C=O) groups excluding carboxylic acids is 2. The Morgan fingerprint density at radius 3 is 2.83 bits per heavy atom. The van der Waals surface area contributed by atoms with Gasteiger partial charge >= 0.3 is 6.09 Å². The Kier molecular flexibility index (Phi) is 5.64. The summed E-state index contributed by atoms with van der Waals surface area (Å²) in [5, 5.41) is 6.88. The second kappa shape index (κ2) is 7.51. The maximum atomic E-state index is 12.2. The van der Waals surface area contributed by atoms with Crippen LogP contribution in [0, 0.1) is 0 Å². The molecule has 0 saturated carbocycles. The highest BCUT2D eigenvalue weighted by atomic mass is 16.6. The summed E-state index contributed by atoms with van der Waals surface area (Å²) < 4.78 is 7.09. The Morgan fingerprint density at radius 2 is 2.21 bits per heavy atom. The van der Waals surface area contributed by atoms with Gasteiger partial charge in [0, 0.05) is 38.0 Å². The first-order valence-electron chi connectivity index (χ1n) is 8.19. The average Bonchev–Trinajstić information content (AvgIpc) is 3.09. The number of likely N-dealkylation sites (tertiary alicyclic amines) is 1. The molecule has 2 amide bonds. The van der Waals surface area contributed by atoms with Gasteiger partial charge in [-0.05, 0) is 39.7 Å². The molecule has 2 rings (SSSR count). The second-order valence-electron chi connectivity index (χ2n) is 7.00. The number of carbonyl (C=O) groups is 2. The Bertz CT molecular complexity index is 616. The van der Waals surface area contributed by atoms with Gasteiger partial charge in [0.25, 0.3) is 0 Å². The van der Waals surface area contributed by atoms with Crippen LogP contribution in [0.1, 0.15) is 39.2 Å². The summed E-state index contributed by atoms with van der Waals surface area (Å²) in [7, 11) is 1.82. The topological polar surface area (TPSA) is 76.5 Å². The fourth-order valence-corrected chi connectivity index (χ4v) is 2.58. The summed E-state index contributed by atoms with van der Waals surface area (Å²) in [6.45, 7) is 6.64. The minimum absolute atomic E-state index is 0.0180. The molecule has 24 heavy (non-hydrogen) atoms. The van der Waals surface area contributed by atoms with E-state index in [0.717, 1.165) is 18.4 Å². The van der Waals surface area contributed by atoms with Crippen molar-refractivity contribution < 1.29 is 14.3 Å². The van der Waals surface area contributed by atoms with E-state index in [2.05, 4.69) is 10.4 Å². The van der Waals surface area contributed by atoms with E-state index in [-0.39, 0.29) is 18.0 Å². The van der Waals surface area contributed by atoms with E-state index in [1.165, 1.54) is 6.08 Å². The quantitative estimate of drug-likeness (QED) is 0.854. The number of aryl methyl sites for hydroxylation is 1. The molecular formula is C17H26N4O3. The van der Waals surface area contributed by atoms with E-state index in [9.17, 15) is 9.59 Å². The van der Waals surface area contributed by atoms with Gasteiger partial charge in [-0.2, -0.15) is 5.10 Å². The van der Waals surface area contributed by atoms with Crippen molar-refractivity contribution in [2.75, 3.05) is 13.1 Å². The van der Waals surface area contributed by atoms with Crippen LogP contribution < -0.4 is 5.32 Å². The number of hydrogen-bond donors (Lipinski definition) is 1. The SMILES string of the molecule is Cn1cc(/C=C/C(=O)NCC2CCCN2C(=O)OC(C)(C)C)cn1. The van der Waals surface area contributed by atoms with E-state index in [4.69, 9.17) is 4.74 Å². The van der Waals surface area contributed by atoms with Crippen molar-refractivity contribution in [2.45, 2.75) is 45.3 Å². The Morgan fingerprint density at radius 1 is 1.46 bits per heavy atom. The number of amides is 2. The highest BCUT2D eigenvalue weighted by Gasteiger charge is 2.32. The number of rotatable bonds is 4. The van der Waals surface area contributed by atoms with E-state index in [1.807, 2.05) is 34.0 Å². The van der Waals surface area contributed by atoms with E-state index in [0.29, 0.717) is 13.1 Å². The second-order valence-corrected chi connectivity index (χ2v) is 7.00. The predicted molar refractivity (Wildman–Crippen MR) is 91.2 cm³/mol. The molecule has 0 radical (unpaired) electrons. The standard InChI is InChI=1S/C17H26N4O3/c1-17(2,3)24-16(23)21-9-5-6-14(21)11-18-15(22)8-7-13-10-19-20(4)12-13/h7-8,10,12,14H,5-6,9,11H2,1-4H3,(H,18,22)/b8-7+. The normalized spacial score (nSPS) is 18.2. The molecule has 132 valence electrons. The first kappa shape index (κ1) is 18.0. The number of ether oxygens (including phenoxy) is 1. The molecule has 1 aliphatic rings. The van der Waals surface area contributed by atoms with Gasteiger partial charge in [-0.1, -0.05) is 0 Å². The summed E-state index contributed by atoms with van der Waals surface area (Å²) in [4.78, 5) is 25.8. The molecule has 2 heterocycles. The third kappa shape index (κ3) is 5.40. The lowest BCUT2D eigenvalue weighted by Crippen LogP contribution is -2.44. The zero-order valence-corrected chi connectivity index (χ0v) is 14.8. The van der Waals surface area contributed by atoms with Crippen molar-refractivity contribution in [2.24, 2.45) is 7.05 Å². The molecule has 7 nitrogen and oxygen atoms in total. The molecule has 1 aromatic heterocycles. The third-order valence-corrected chi connectivity index (χ3v) is 3.67. The van der Waals surface area contributed by atoms with Crippen LogP contribution in [0.25, 0.3) is 6.08 Å². The molecule has 0 bridgehead atoms. The van der Waals surface area contributed by atoms with Gasteiger partial charge in [0.15, 0.2) is 0 Å². The van der Waals surface area contributed by atoms with E-state index >= 15 is 0 Å². The third-order valence-electron chi connectivity index (χ3n) is 3.67. The molecule has 0 aromatic carbocycles. The van der Waals surface area contributed by atoms with E-state index in [1.54, 1.807) is 21.9 Å². The fourth-order valence-electron chi connectivity index (χ4n) is 2.58. The molecule has 1 aliphatic heterocycles. The molecule has 1 fully saturated rings. The molecular weight excluding hydrogens is 308 g/mol. The van der Waals surface area contributed by atoms with Gasteiger partial charge in [-0.15, -0.1) is 0 Å². The van der Waals surface area contributed by atoms with Gasteiger partial charge < -0.3 is 15.0 Å². The Hall–Kier alpha value is -2.31. The lowest BCUT2D eigenvalue weighted by Gasteiger charge is -2.28. The van der Waals surface area contributed by atoms with Gasteiger partial charge in [0.05, 0.1) is 12.2 Å². The molecule has 7 heteroatoms. The molecule has 0 aliphatic carbocycles. The summed E-state index contributed by atoms with van der Waals surface area (Å²) in [6, 6.07) is -0.0180. The summed E-state index contributed by atoms with van der Waals surface area (Å²) >= 11 is 0. The fraction of sp³-hybridized carbons (Fsp3) is 0.588. The molecule has 1 unspecified atom stereocenters. The number of nitrogens with zero attached hydrogens (tertiary/aromatic N) is 3. The zero-order valence-electron chi connectivity index (χ0n) is 14.8. The van der Waals surface area contributed by atoms with Crippen molar-refractivity contribution in [3.05, 3.63) is 24.0 Å².